The van der Waals surface area contributed by atoms with Gasteiger partial charge in [0.2, 0.25) is 10.0 Å². The van der Waals surface area contributed by atoms with Crippen LogP contribution in [0, 0.1) is 18.2 Å². The average Bonchev–Trinajstić information content (AvgIpc) is 2.62. The summed E-state index contributed by atoms with van der Waals surface area (Å²) in [5.74, 6) is -0.600. The summed E-state index contributed by atoms with van der Waals surface area (Å²) < 4.78 is 41.1. The Labute approximate surface area is 119 Å². The maximum Gasteiger partial charge on any atom is 0.241 e. The second kappa shape index (κ2) is 5.00. The van der Waals surface area contributed by atoms with E-state index in [1.807, 2.05) is 0 Å². The van der Waals surface area contributed by atoms with E-state index < -0.39 is 15.8 Å². The molecule has 0 aromatic heterocycles. The maximum atomic E-state index is 13.6. The molecule has 2 rings (SSSR count). The fourth-order valence-corrected chi connectivity index (χ4v) is 4.33. The maximum absolute atomic E-state index is 13.6. The Kier molecular flexibility index (Phi) is 3.81. The molecule has 4 nitrogen and oxygen atoms in total. The van der Waals surface area contributed by atoms with Crippen molar-refractivity contribution in [2.45, 2.75) is 51.0 Å². The molecule has 1 unspecified atom stereocenters. The molecule has 0 heterocycles. The van der Waals surface area contributed by atoms with Crippen LogP contribution in [0.25, 0.3) is 0 Å². The van der Waals surface area contributed by atoms with Gasteiger partial charge in [-0.05, 0) is 43.7 Å². The number of sulfonamides is 1. The van der Waals surface area contributed by atoms with E-state index in [4.69, 9.17) is 5.73 Å². The first-order chi connectivity index (χ1) is 9.11. The third kappa shape index (κ3) is 3.12. The summed E-state index contributed by atoms with van der Waals surface area (Å²) in [6.07, 6.45) is 2.57. The van der Waals surface area contributed by atoms with Crippen LogP contribution in [0.1, 0.15) is 38.7 Å². The zero-order valence-corrected chi connectivity index (χ0v) is 12.8. The van der Waals surface area contributed by atoms with Gasteiger partial charge in [0.15, 0.2) is 0 Å². The first kappa shape index (κ1) is 15.3. The molecule has 1 aromatic rings. The van der Waals surface area contributed by atoms with Gasteiger partial charge in [0.1, 0.15) is 5.82 Å². The van der Waals surface area contributed by atoms with Gasteiger partial charge in [-0.1, -0.05) is 13.8 Å². The largest absolute Gasteiger partial charge is 0.399 e. The number of nitrogen functional groups attached to an aromatic ring is 1. The number of nitrogens with one attached hydrogen (secondary N) is 1. The summed E-state index contributed by atoms with van der Waals surface area (Å²) in [5, 5.41) is 0. The molecule has 0 aliphatic heterocycles. The molecule has 20 heavy (non-hydrogen) atoms. The fourth-order valence-electron chi connectivity index (χ4n) is 2.77. The van der Waals surface area contributed by atoms with Crippen molar-refractivity contribution < 1.29 is 12.8 Å². The third-order valence-electron chi connectivity index (χ3n) is 3.90. The highest BCUT2D eigenvalue weighted by Crippen LogP contribution is 2.37. The molecule has 1 fully saturated rings. The number of halogens is 1. The molecule has 1 aliphatic rings. The van der Waals surface area contributed by atoms with Gasteiger partial charge in [-0.15, -0.1) is 0 Å². The molecule has 0 bridgehead atoms. The minimum Gasteiger partial charge on any atom is -0.399 e. The molecular formula is C14H21FN2O2S. The SMILES string of the molecule is Cc1c(F)cc(N)cc1S(=O)(=O)NC1CCC(C)(C)C1. The highest BCUT2D eigenvalue weighted by molar-refractivity contribution is 7.89. The number of nitrogens with two attached hydrogens (primary N) is 1. The molecule has 0 saturated heterocycles. The Morgan fingerprint density at radius 3 is 2.60 bits per heavy atom. The van der Waals surface area contributed by atoms with Gasteiger partial charge in [-0.3, -0.25) is 0 Å². The first-order valence-corrected chi connectivity index (χ1v) is 8.17. The number of hydrogen-bond donors (Lipinski definition) is 2. The van der Waals surface area contributed by atoms with Crippen molar-refractivity contribution in [3.63, 3.8) is 0 Å². The molecule has 0 amide bonds. The van der Waals surface area contributed by atoms with Crippen molar-refractivity contribution in [2.24, 2.45) is 5.41 Å². The fraction of sp³-hybridized carbons (Fsp3) is 0.571. The van der Waals surface area contributed by atoms with E-state index in [0.29, 0.717) is 0 Å². The smallest absolute Gasteiger partial charge is 0.241 e. The average molecular weight is 300 g/mol. The minimum atomic E-state index is -3.74. The molecule has 0 spiro atoms. The minimum absolute atomic E-state index is 0.0697. The number of benzene rings is 1. The van der Waals surface area contributed by atoms with Gasteiger partial charge in [0.25, 0.3) is 0 Å². The van der Waals surface area contributed by atoms with Gasteiger partial charge in [0, 0.05) is 17.3 Å². The monoisotopic (exact) mass is 300 g/mol. The highest BCUT2D eigenvalue weighted by Gasteiger charge is 2.34. The van der Waals surface area contributed by atoms with Crippen molar-refractivity contribution in [3.05, 3.63) is 23.5 Å². The van der Waals surface area contributed by atoms with Gasteiger partial charge in [-0.25, -0.2) is 17.5 Å². The van der Waals surface area contributed by atoms with Crippen LogP contribution in [-0.2, 0) is 10.0 Å². The summed E-state index contributed by atoms with van der Waals surface area (Å²) >= 11 is 0. The summed E-state index contributed by atoms with van der Waals surface area (Å²) in [4.78, 5) is -0.0697. The second-order valence-electron chi connectivity index (χ2n) is 6.35. The van der Waals surface area contributed by atoms with E-state index >= 15 is 0 Å². The quantitative estimate of drug-likeness (QED) is 0.843. The Balaban J connectivity index is 2.28. The summed E-state index contributed by atoms with van der Waals surface area (Å²) in [5.41, 5.74) is 5.90. The van der Waals surface area contributed by atoms with E-state index in [2.05, 4.69) is 18.6 Å². The molecule has 112 valence electrons. The van der Waals surface area contributed by atoms with Gasteiger partial charge >= 0.3 is 0 Å². The number of rotatable bonds is 3. The first-order valence-electron chi connectivity index (χ1n) is 6.69. The zero-order chi connectivity index (χ0) is 15.1. The Bertz CT molecular complexity index is 626. The zero-order valence-electron chi connectivity index (χ0n) is 12.0. The molecule has 1 aliphatic carbocycles. The topological polar surface area (TPSA) is 72.2 Å². The van der Waals surface area contributed by atoms with Crippen molar-refractivity contribution in [2.75, 3.05) is 5.73 Å². The van der Waals surface area contributed by atoms with E-state index in [1.54, 1.807) is 0 Å². The third-order valence-corrected chi connectivity index (χ3v) is 5.55. The molecule has 1 aromatic carbocycles. The predicted molar refractivity (Wildman–Crippen MR) is 77.3 cm³/mol. The van der Waals surface area contributed by atoms with Crippen molar-refractivity contribution >= 4 is 15.7 Å². The Morgan fingerprint density at radius 1 is 1.40 bits per heavy atom. The van der Waals surface area contributed by atoms with E-state index in [0.717, 1.165) is 25.3 Å². The second-order valence-corrected chi connectivity index (χ2v) is 8.03. The van der Waals surface area contributed by atoms with Crippen molar-refractivity contribution in [1.29, 1.82) is 0 Å². The highest BCUT2D eigenvalue weighted by atomic mass is 32.2. The van der Waals surface area contributed by atoms with Crippen molar-refractivity contribution in [3.8, 4) is 0 Å². The summed E-state index contributed by atoms with van der Waals surface area (Å²) in [6.45, 7) is 5.68. The van der Waals surface area contributed by atoms with Crippen LogP contribution < -0.4 is 10.5 Å². The van der Waals surface area contributed by atoms with Gasteiger partial charge in [0.05, 0.1) is 4.90 Å². The molecule has 1 atom stereocenters. The molecule has 3 N–H and O–H groups in total. The molecule has 1 saturated carbocycles. The van der Waals surface area contributed by atoms with Crippen LogP contribution in [-0.4, -0.2) is 14.5 Å². The lowest BCUT2D eigenvalue weighted by molar-refractivity contribution is 0.372. The van der Waals surface area contributed by atoms with Crippen LogP contribution in [0.3, 0.4) is 0 Å². The Hall–Kier alpha value is -1.14. The van der Waals surface area contributed by atoms with Crippen molar-refractivity contribution in [1.82, 2.24) is 4.72 Å². The Morgan fingerprint density at radius 2 is 2.05 bits per heavy atom. The van der Waals surface area contributed by atoms with Crippen LogP contribution in [0.4, 0.5) is 10.1 Å². The number of anilines is 1. The predicted octanol–water partition coefficient (Wildman–Crippen LogP) is 2.57. The van der Waals surface area contributed by atoms with E-state index in [1.165, 1.54) is 13.0 Å². The lowest BCUT2D eigenvalue weighted by Gasteiger charge is -2.18. The normalized spacial score (nSPS) is 22.1. The molecule has 0 radical (unpaired) electrons. The molecular weight excluding hydrogens is 279 g/mol. The van der Waals surface area contributed by atoms with Crippen LogP contribution in [0.15, 0.2) is 17.0 Å². The van der Waals surface area contributed by atoms with E-state index in [9.17, 15) is 12.8 Å². The lowest BCUT2D eigenvalue weighted by atomic mass is 9.92. The van der Waals surface area contributed by atoms with Gasteiger partial charge < -0.3 is 5.73 Å². The molecule has 6 heteroatoms. The van der Waals surface area contributed by atoms with Crippen LogP contribution >= 0.6 is 0 Å². The van der Waals surface area contributed by atoms with Gasteiger partial charge in [-0.2, -0.15) is 0 Å². The van der Waals surface area contributed by atoms with Crippen LogP contribution in [0.2, 0.25) is 0 Å². The standard InChI is InChI=1S/C14H21FN2O2S/c1-9-12(15)6-10(16)7-13(9)20(18,19)17-11-4-5-14(2,3)8-11/h6-7,11,17H,4-5,8,16H2,1-3H3. The van der Waals surface area contributed by atoms with Crippen LogP contribution in [0.5, 0.6) is 0 Å². The number of hydrogen-bond acceptors (Lipinski definition) is 3. The van der Waals surface area contributed by atoms with E-state index in [-0.39, 0.29) is 27.6 Å². The summed E-state index contributed by atoms with van der Waals surface area (Å²) in [7, 11) is -3.74. The lowest BCUT2D eigenvalue weighted by Crippen LogP contribution is -2.34. The summed E-state index contributed by atoms with van der Waals surface area (Å²) in [6, 6.07) is 2.34.